The number of nitrogens with zero attached hydrogens (tertiary/aromatic N) is 1. The lowest BCUT2D eigenvalue weighted by atomic mass is 10.1. The molecule has 2 atom stereocenters. The first-order chi connectivity index (χ1) is 5.77. The second-order valence-electron chi connectivity index (χ2n) is 3.35. The summed E-state index contributed by atoms with van der Waals surface area (Å²) in [5, 5.41) is 0. The molecule has 2 nitrogen and oxygen atoms in total. The van der Waals surface area contributed by atoms with E-state index in [1.807, 2.05) is 0 Å². The first-order valence-electron chi connectivity index (χ1n) is 4.57. The van der Waals surface area contributed by atoms with Crippen molar-refractivity contribution in [3.05, 3.63) is 0 Å². The third-order valence-electron chi connectivity index (χ3n) is 2.38. The predicted octanol–water partition coefficient (Wildman–Crippen LogP) is 1.12. The van der Waals surface area contributed by atoms with Gasteiger partial charge in [0.05, 0.1) is 19.3 Å². The highest BCUT2D eigenvalue weighted by Crippen LogP contribution is 2.12. The maximum atomic E-state index is 5.61. The molecule has 0 aromatic heterocycles. The van der Waals surface area contributed by atoms with Gasteiger partial charge in [-0.05, 0) is 13.3 Å². The SMILES string of the molecule is C#CCN1CC(CC)OCC1C. The lowest BCUT2D eigenvalue weighted by molar-refractivity contribution is -0.0541. The molecule has 1 heterocycles. The first kappa shape index (κ1) is 9.57. The topological polar surface area (TPSA) is 12.5 Å². The van der Waals surface area contributed by atoms with E-state index >= 15 is 0 Å². The van der Waals surface area contributed by atoms with Crippen LogP contribution in [0.1, 0.15) is 20.3 Å². The summed E-state index contributed by atoms with van der Waals surface area (Å²) in [5.41, 5.74) is 0. The quantitative estimate of drug-likeness (QED) is 0.571. The van der Waals surface area contributed by atoms with Crippen molar-refractivity contribution in [3.8, 4) is 12.3 Å². The van der Waals surface area contributed by atoms with E-state index in [1.165, 1.54) is 0 Å². The van der Waals surface area contributed by atoms with Crippen LogP contribution in [0.5, 0.6) is 0 Å². The number of hydrogen-bond donors (Lipinski definition) is 0. The Bertz CT molecular complexity index is 173. The summed E-state index contributed by atoms with van der Waals surface area (Å²) in [5.74, 6) is 2.68. The molecule has 0 aromatic carbocycles. The molecule has 0 amide bonds. The van der Waals surface area contributed by atoms with Crippen LogP contribution in [0.4, 0.5) is 0 Å². The highest BCUT2D eigenvalue weighted by Gasteiger charge is 2.23. The van der Waals surface area contributed by atoms with Crippen LogP contribution in [-0.4, -0.2) is 36.7 Å². The molecular formula is C10H17NO. The molecule has 1 fully saturated rings. The second-order valence-corrected chi connectivity index (χ2v) is 3.35. The smallest absolute Gasteiger partial charge is 0.0700 e. The van der Waals surface area contributed by atoms with Crippen molar-refractivity contribution < 1.29 is 4.74 Å². The van der Waals surface area contributed by atoms with E-state index in [4.69, 9.17) is 11.2 Å². The number of morpholine rings is 1. The molecule has 0 bridgehead atoms. The molecule has 1 saturated heterocycles. The van der Waals surface area contributed by atoms with Gasteiger partial charge in [-0.2, -0.15) is 0 Å². The predicted molar refractivity (Wildman–Crippen MR) is 49.9 cm³/mol. The maximum Gasteiger partial charge on any atom is 0.0700 e. The Kier molecular flexibility index (Phi) is 3.58. The molecule has 0 radical (unpaired) electrons. The van der Waals surface area contributed by atoms with Crippen LogP contribution < -0.4 is 0 Å². The molecule has 1 aliphatic rings. The van der Waals surface area contributed by atoms with Crippen molar-refractivity contribution >= 4 is 0 Å². The van der Waals surface area contributed by atoms with Crippen LogP contribution in [0.3, 0.4) is 0 Å². The Balaban J connectivity index is 2.42. The van der Waals surface area contributed by atoms with Crippen LogP contribution in [0.15, 0.2) is 0 Å². The number of ether oxygens (including phenoxy) is 1. The number of hydrogen-bond acceptors (Lipinski definition) is 2. The monoisotopic (exact) mass is 167 g/mol. The molecule has 2 heteroatoms. The molecule has 0 spiro atoms. The summed E-state index contributed by atoms with van der Waals surface area (Å²) in [6.07, 6.45) is 6.74. The summed E-state index contributed by atoms with van der Waals surface area (Å²) in [6.45, 7) is 6.86. The molecule has 1 rings (SSSR count). The fourth-order valence-electron chi connectivity index (χ4n) is 1.46. The number of terminal acetylenes is 1. The first-order valence-corrected chi connectivity index (χ1v) is 4.57. The Morgan fingerprint density at radius 1 is 1.67 bits per heavy atom. The van der Waals surface area contributed by atoms with Gasteiger partial charge in [-0.1, -0.05) is 12.8 Å². The van der Waals surface area contributed by atoms with Gasteiger partial charge < -0.3 is 4.74 Å². The third kappa shape index (κ3) is 2.23. The lowest BCUT2D eigenvalue weighted by Crippen LogP contribution is -2.48. The van der Waals surface area contributed by atoms with E-state index in [0.717, 1.165) is 26.1 Å². The van der Waals surface area contributed by atoms with E-state index in [0.29, 0.717) is 12.1 Å². The Morgan fingerprint density at radius 2 is 2.42 bits per heavy atom. The van der Waals surface area contributed by atoms with Gasteiger partial charge in [-0.3, -0.25) is 4.90 Å². The second kappa shape index (κ2) is 4.49. The molecule has 12 heavy (non-hydrogen) atoms. The van der Waals surface area contributed by atoms with Crippen molar-refractivity contribution in [1.82, 2.24) is 4.90 Å². The minimum absolute atomic E-state index is 0.384. The molecule has 1 aliphatic heterocycles. The molecule has 0 N–H and O–H groups in total. The Morgan fingerprint density at radius 3 is 3.00 bits per heavy atom. The fraction of sp³-hybridized carbons (Fsp3) is 0.800. The summed E-state index contributed by atoms with van der Waals surface area (Å²) in [6, 6.07) is 0.476. The zero-order valence-corrected chi connectivity index (χ0v) is 7.92. The lowest BCUT2D eigenvalue weighted by Gasteiger charge is -2.36. The van der Waals surface area contributed by atoms with Crippen molar-refractivity contribution in [2.45, 2.75) is 32.4 Å². The molecule has 2 unspecified atom stereocenters. The van der Waals surface area contributed by atoms with Gasteiger partial charge >= 0.3 is 0 Å². The zero-order valence-electron chi connectivity index (χ0n) is 7.92. The standard InChI is InChI=1S/C10H17NO/c1-4-6-11-7-10(5-2)12-8-9(11)3/h1,9-10H,5-8H2,2-3H3. The minimum atomic E-state index is 0.384. The van der Waals surface area contributed by atoms with E-state index in [2.05, 4.69) is 24.7 Å². The highest BCUT2D eigenvalue weighted by molar-refractivity contribution is 4.91. The fourth-order valence-corrected chi connectivity index (χ4v) is 1.46. The average molecular weight is 167 g/mol. The molecule has 0 aliphatic carbocycles. The number of rotatable bonds is 2. The van der Waals surface area contributed by atoms with Gasteiger partial charge in [-0.15, -0.1) is 6.42 Å². The van der Waals surface area contributed by atoms with Gasteiger partial charge in [0.25, 0.3) is 0 Å². The van der Waals surface area contributed by atoms with Crippen molar-refractivity contribution in [2.75, 3.05) is 19.7 Å². The van der Waals surface area contributed by atoms with Crippen LogP contribution in [0.25, 0.3) is 0 Å². The molecular weight excluding hydrogens is 150 g/mol. The molecule has 0 saturated carbocycles. The maximum absolute atomic E-state index is 5.61. The highest BCUT2D eigenvalue weighted by atomic mass is 16.5. The normalized spacial score (nSPS) is 31.4. The van der Waals surface area contributed by atoms with Crippen LogP contribution >= 0.6 is 0 Å². The van der Waals surface area contributed by atoms with E-state index < -0.39 is 0 Å². The van der Waals surface area contributed by atoms with Crippen LogP contribution in [0, 0.1) is 12.3 Å². The summed E-state index contributed by atoms with van der Waals surface area (Å²) in [7, 11) is 0. The van der Waals surface area contributed by atoms with Crippen LogP contribution in [-0.2, 0) is 4.74 Å². The Hall–Kier alpha value is -0.520. The Labute approximate surface area is 74.9 Å². The van der Waals surface area contributed by atoms with Crippen molar-refractivity contribution in [1.29, 1.82) is 0 Å². The largest absolute Gasteiger partial charge is 0.375 e. The van der Waals surface area contributed by atoms with Gasteiger partial charge in [0.2, 0.25) is 0 Å². The summed E-state index contributed by atoms with van der Waals surface area (Å²) < 4.78 is 5.61. The average Bonchev–Trinajstić information content (AvgIpc) is 2.09. The van der Waals surface area contributed by atoms with E-state index in [9.17, 15) is 0 Å². The zero-order chi connectivity index (χ0) is 8.97. The van der Waals surface area contributed by atoms with Gasteiger partial charge in [0.15, 0.2) is 0 Å². The third-order valence-corrected chi connectivity index (χ3v) is 2.38. The minimum Gasteiger partial charge on any atom is -0.375 e. The van der Waals surface area contributed by atoms with Gasteiger partial charge in [0, 0.05) is 12.6 Å². The molecule has 68 valence electrons. The van der Waals surface area contributed by atoms with Crippen molar-refractivity contribution in [3.63, 3.8) is 0 Å². The van der Waals surface area contributed by atoms with Gasteiger partial charge in [0.1, 0.15) is 0 Å². The molecule has 0 aromatic rings. The van der Waals surface area contributed by atoms with E-state index in [1.54, 1.807) is 0 Å². The van der Waals surface area contributed by atoms with E-state index in [-0.39, 0.29) is 0 Å². The summed E-state index contributed by atoms with van der Waals surface area (Å²) >= 11 is 0. The summed E-state index contributed by atoms with van der Waals surface area (Å²) in [4.78, 5) is 2.30. The van der Waals surface area contributed by atoms with Gasteiger partial charge in [-0.25, -0.2) is 0 Å². The van der Waals surface area contributed by atoms with Crippen molar-refractivity contribution in [2.24, 2.45) is 0 Å². The van der Waals surface area contributed by atoms with Crippen LogP contribution in [0.2, 0.25) is 0 Å².